The number of aliphatic hydroxyl groups excluding tert-OH is 1. The largest absolute Gasteiger partial charge is 0.511 e. The fraction of sp³-hybridized carbons (Fsp3) is 0.357. The van der Waals surface area contributed by atoms with Crippen molar-refractivity contribution in [3.8, 4) is 0 Å². The average Bonchev–Trinajstić information content (AvgIpc) is 2.38. The van der Waals surface area contributed by atoms with E-state index >= 15 is 0 Å². The van der Waals surface area contributed by atoms with E-state index in [-0.39, 0.29) is 41.7 Å². The molecule has 0 spiro atoms. The van der Waals surface area contributed by atoms with Crippen molar-refractivity contribution in [3.05, 3.63) is 41.4 Å². The van der Waals surface area contributed by atoms with E-state index in [4.69, 9.17) is 0 Å². The van der Waals surface area contributed by atoms with Crippen LogP contribution in [0.3, 0.4) is 0 Å². The number of hydrogen-bond donors (Lipinski definition) is 1. The molecule has 1 aliphatic rings. The number of pyridine rings is 1. The molecule has 1 heterocycles. The highest BCUT2D eigenvalue weighted by molar-refractivity contribution is 6.22. The molecule has 0 aromatic carbocycles. The molecule has 94 valence electrons. The number of carbonyl (C=O) groups is 2. The number of allylic oxidation sites excluding steroid dienone is 2. The zero-order valence-corrected chi connectivity index (χ0v) is 10.2. The Labute approximate surface area is 105 Å². The molecule has 0 aliphatic heterocycles. The molecule has 1 aliphatic carbocycles. The van der Waals surface area contributed by atoms with Gasteiger partial charge in [0.1, 0.15) is 5.76 Å². The third-order valence-corrected chi connectivity index (χ3v) is 3.22. The van der Waals surface area contributed by atoms with E-state index in [1.807, 2.05) is 12.1 Å². The van der Waals surface area contributed by atoms with Crippen LogP contribution in [-0.4, -0.2) is 21.7 Å². The molecule has 0 unspecified atom stereocenters. The summed E-state index contributed by atoms with van der Waals surface area (Å²) in [5.74, 6) is -0.695. The molecule has 0 atom stereocenters. The van der Waals surface area contributed by atoms with E-state index in [0.717, 1.165) is 5.56 Å². The van der Waals surface area contributed by atoms with Crippen LogP contribution in [0, 0.1) is 0 Å². The van der Waals surface area contributed by atoms with Crippen molar-refractivity contribution in [1.29, 1.82) is 0 Å². The molecule has 18 heavy (non-hydrogen) atoms. The van der Waals surface area contributed by atoms with Gasteiger partial charge in [-0.15, -0.1) is 0 Å². The highest BCUT2D eigenvalue weighted by Gasteiger charge is 2.33. The smallest absolute Gasteiger partial charge is 0.170 e. The van der Waals surface area contributed by atoms with Gasteiger partial charge in [-0.3, -0.25) is 14.6 Å². The number of hydrogen-bond acceptors (Lipinski definition) is 4. The molecule has 0 saturated heterocycles. The van der Waals surface area contributed by atoms with Crippen LogP contribution in [0.5, 0.6) is 0 Å². The van der Waals surface area contributed by atoms with Gasteiger partial charge < -0.3 is 5.11 Å². The summed E-state index contributed by atoms with van der Waals surface area (Å²) in [6.07, 6.45) is 4.16. The molecule has 4 heteroatoms. The van der Waals surface area contributed by atoms with Crippen LogP contribution in [0.25, 0.3) is 0 Å². The second-order valence-corrected chi connectivity index (χ2v) is 4.41. The summed E-state index contributed by atoms with van der Waals surface area (Å²) < 4.78 is 0. The topological polar surface area (TPSA) is 67.3 Å². The van der Waals surface area contributed by atoms with E-state index in [2.05, 4.69) is 4.98 Å². The number of carbonyl (C=O) groups excluding carboxylic acids is 2. The van der Waals surface area contributed by atoms with Gasteiger partial charge in [0.25, 0.3) is 0 Å². The van der Waals surface area contributed by atoms with Crippen LogP contribution in [-0.2, 0) is 9.59 Å². The zero-order valence-electron chi connectivity index (χ0n) is 10.2. The molecule has 1 aromatic heterocycles. The Morgan fingerprint density at radius 2 is 1.83 bits per heavy atom. The zero-order chi connectivity index (χ0) is 13.1. The summed E-state index contributed by atoms with van der Waals surface area (Å²) in [6.45, 7) is 1.72. The molecule has 0 bridgehead atoms. The number of rotatable bonds is 2. The van der Waals surface area contributed by atoms with Gasteiger partial charge in [0.2, 0.25) is 0 Å². The predicted molar refractivity (Wildman–Crippen MR) is 66.2 cm³/mol. The number of ketones is 2. The maximum atomic E-state index is 11.9. The number of nitrogens with zero attached hydrogens (tertiary/aromatic N) is 1. The lowest BCUT2D eigenvalue weighted by atomic mass is 9.79. The lowest BCUT2D eigenvalue weighted by Crippen LogP contribution is -2.26. The normalized spacial score (nSPS) is 20.1. The summed E-state index contributed by atoms with van der Waals surface area (Å²) in [5, 5.41) is 9.61. The van der Waals surface area contributed by atoms with E-state index < -0.39 is 0 Å². The van der Waals surface area contributed by atoms with Crippen LogP contribution in [0.1, 0.15) is 37.7 Å². The molecule has 4 nitrogen and oxygen atoms in total. The van der Waals surface area contributed by atoms with Crippen LogP contribution >= 0.6 is 0 Å². The first kappa shape index (κ1) is 12.5. The van der Waals surface area contributed by atoms with Crippen LogP contribution in [0.2, 0.25) is 0 Å². The van der Waals surface area contributed by atoms with Crippen LogP contribution in [0.15, 0.2) is 35.9 Å². The number of aromatic nitrogens is 1. The van der Waals surface area contributed by atoms with Crippen LogP contribution < -0.4 is 0 Å². The van der Waals surface area contributed by atoms with Crippen molar-refractivity contribution < 1.29 is 14.7 Å². The first-order valence-electron chi connectivity index (χ1n) is 6.02. The van der Waals surface area contributed by atoms with Gasteiger partial charge in [-0.2, -0.15) is 0 Å². The number of Topliss-reactive ketones (excluding diaryl/α,β-unsaturated/α-hetero) is 2. The first-order valence-corrected chi connectivity index (χ1v) is 6.02. The minimum Gasteiger partial charge on any atom is -0.511 e. The van der Waals surface area contributed by atoms with Crippen molar-refractivity contribution in [2.45, 2.75) is 32.1 Å². The maximum Gasteiger partial charge on any atom is 0.170 e. The molecule has 1 N–H and O–H groups in total. The predicted octanol–water partition coefficient (Wildman–Crippen LogP) is 2.32. The fourth-order valence-corrected chi connectivity index (χ4v) is 2.25. The van der Waals surface area contributed by atoms with Crippen molar-refractivity contribution in [1.82, 2.24) is 4.98 Å². The Hall–Kier alpha value is -1.97. The molecule has 1 aromatic rings. The standard InChI is InChI=1S/C14H15NO3/c1-2-11(16)14-12(17)7-10(8-13(14)18)9-3-5-15-6-4-9/h3-6,10,16H,2,7-8H2,1H3. The lowest BCUT2D eigenvalue weighted by Gasteiger charge is -2.22. The highest BCUT2D eigenvalue weighted by atomic mass is 16.3. The third-order valence-electron chi connectivity index (χ3n) is 3.22. The van der Waals surface area contributed by atoms with E-state index in [0.29, 0.717) is 6.42 Å². The Morgan fingerprint density at radius 3 is 2.33 bits per heavy atom. The van der Waals surface area contributed by atoms with E-state index in [9.17, 15) is 14.7 Å². The molecule has 0 amide bonds. The molecule has 0 radical (unpaired) electrons. The fourth-order valence-electron chi connectivity index (χ4n) is 2.25. The quantitative estimate of drug-likeness (QED) is 0.493. The molecule has 1 saturated carbocycles. The van der Waals surface area contributed by atoms with Gasteiger partial charge in [0.15, 0.2) is 11.6 Å². The SMILES string of the molecule is CCC(O)=C1C(=O)CC(c2ccncc2)CC1=O. The van der Waals surface area contributed by atoms with E-state index in [1.54, 1.807) is 19.3 Å². The molecule has 1 fully saturated rings. The minimum atomic E-state index is -0.257. The third kappa shape index (κ3) is 2.32. The van der Waals surface area contributed by atoms with Gasteiger partial charge in [-0.05, 0) is 23.6 Å². The second-order valence-electron chi connectivity index (χ2n) is 4.41. The van der Waals surface area contributed by atoms with Crippen molar-refractivity contribution in [2.75, 3.05) is 0 Å². The molecule has 2 rings (SSSR count). The Morgan fingerprint density at radius 1 is 1.28 bits per heavy atom. The Bertz CT molecular complexity index is 485. The summed E-state index contributed by atoms with van der Waals surface area (Å²) in [7, 11) is 0. The van der Waals surface area contributed by atoms with E-state index in [1.165, 1.54) is 0 Å². The summed E-state index contributed by atoms with van der Waals surface area (Å²) in [5.41, 5.74) is 0.949. The Balaban J connectivity index is 2.26. The van der Waals surface area contributed by atoms with Crippen molar-refractivity contribution in [3.63, 3.8) is 0 Å². The van der Waals surface area contributed by atoms with Gasteiger partial charge in [0.05, 0.1) is 5.57 Å². The lowest BCUT2D eigenvalue weighted by molar-refractivity contribution is -0.124. The monoisotopic (exact) mass is 245 g/mol. The molecular formula is C14H15NO3. The highest BCUT2D eigenvalue weighted by Crippen LogP contribution is 2.32. The van der Waals surface area contributed by atoms with Crippen LogP contribution in [0.4, 0.5) is 0 Å². The maximum absolute atomic E-state index is 11.9. The summed E-state index contributed by atoms with van der Waals surface area (Å²) >= 11 is 0. The van der Waals surface area contributed by atoms with Gasteiger partial charge in [-0.1, -0.05) is 6.92 Å². The van der Waals surface area contributed by atoms with Gasteiger partial charge in [-0.25, -0.2) is 0 Å². The molecular weight excluding hydrogens is 230 g/mol. The Kier molecular flexibility index (Phi) is 3.55. The minimum absolute atomic E-state index is 0.00260. The van der Waals surface area contributed by atoms with Crippen molar-refractivity contribution in [2.24, 2.45) is 0 Å². The second kappa shape index (κ2) is 5.12. The van der Waals surface area contributed by atoms with Crippen molar-refractivity contribution >= 4 is 11.6 Å². The summed E-state index contributed by atoms with van der Waals surface area (Å²) in [6, 6.07) is 3.64. The summed E-state index contributed by atoms with van der Waals surface area (Å²) in [4.78, 5) is 27.8. The average molecular weight is 245 g/mol. The first-order chi connectivity index (χ1) is 8.63. The van der Waals surface area contributed by atoms with Gasteiger partial charge >= 0.3 is 0 Å². The number of aliphatic hydroxyl groups is 1. The van der Waals surface area contributed by atoms with Gasteiger partial charge in [0, 0.05) is 31.7 Å².